The molecule has 0 unspecified atom stereocenters. The number of esters is 2. The van der Waals surface area contributed by atoms with Crippen molar-refractivity contribution in [2.45, 2.75) is 0 Å². The van der Waals surface area contributed by atoms with Crippen LogP contribution >= 0.6 is 0 Å². The molecule has 6 heteroatoms. The van der Waals surface area contributed by atoms with Crippen LogP contribution < -0.4 is 9.47 Å². The van der Waals surface area contributed by atoms with Crippen molar-refractivity contribution in [1.29, 1.82) is 0 Å². The van der Waals surface area contributed by atoms with E-state index in [-0.39, 0.29) is 22.6 Å². The quantitative estimate of drug-likeness (QED) is 0.371. The van der Waals surface area contributed by atoms with Crippen molar-refractivity contribution in [2.24, 2.45) is 0 Å². The molecule has 0 spiro atoms. The van der Waals surface area contributed by atoms with E-state index in [4.69, 9.17) is 9.47 Å². The van der Waals surface area contributed by atoms with Crippen molar-refractivity contribution in [3.8, 4) is 11.5 Å². The van der Waals surface area contributed by atoms with Crippen LogP contribution in [-0.4, -0.2) is 24.5 Å². The van der Waals surface area contributed by atoms with Crippen LogP contribution in [0.5, 0.6) is 11.5 Å². The van der Waals surface area contributed by atoms with Gasteiger partial charge in [0.2, 0.25) is 0 Å². The lowest BCUT2D eigenvalue weighted by Gasteiger charge is -2.08. The fourth-order valence-electron chi connectivity index (χ4n) is 2.33. The van der Waals surface area contributed by atoms with Crippen molar-refractivity contribution in [2.75, 3.05) is 0 Å². The van der Waals surface area contributed by atoms with E-state index in [0.717, 1.165) is 0 Å². The minimum atomic E-state index is -0.606. The monoisotopic (exact) mass is 374 g/mol. The van der Waals surface area contributed by atoms with Crippen LogP contribution in [0.25, 0.3) is 0 Å². The van der Waals surface area contributed by atoms with Gasteiger partial charge in [-0.2, -0.15) is 0 Å². The summed E-state index contributed by atoms with van der Waals surface area (Å²) in [5, 5.41) is 0. The number of benzene rings is 3. The Morgan fingerprint density at radius 2 is 1.00 bits per heavy atom. The molecule has 0 radical (unpaired) electrons. The summed E-state index contributed by atoms with van der Waals surface area (Å²) in [7, 11) is 0. The first-order chi connectivity index (χ1) is 13.6. The molecule has 0 saturated carbocycles. The Morgan fingerprint density at radius 3 is 1.36 bits per heavy atom. The first kappa shape index (κ1) is 18.7. The molecular weight excluding hydrogens is 360 g/mol. The van der Waals surface area contributed by atoms with Crippen molar-refractivity contribution in [1.82, 2.24) is 0 Å². The Hall–Kier alpha value is -4.06. The SMILES string of the molecule is O=Cc1ccc(C(=O)Oc2cccc(OC(=O)c3ccc(C=O)cc3)c2)cc1. The largest absolute Gasteiger partial charge is 0.423 e. The normalized spacial score (nSPS) is 10.0. The molecule has 0 aliphatic heterocycles. The van der Waals surface area contributed by atoms with Crippen molar-refractivity contribution in [3.63, 3.8) is 0 Å². The van der Waals surface area contributed by atoms with Gasteiger partial charge in [0.1, 0.15) is 24.1 Å². The summed E-state index contributed by atoms with van der Waals surface area (Å²) >= 11 is 0. The van der Waals surface area contributed by atoms with Crippen LogP contribution in [0.1, 0.15) is 41.4 Å². The molecule has 0 aromatic heterocycles. The first-order valence-corrected chi connectivity index (χ1v) is 8.24. The topological polar surface area (TPSA) is 86.7 Å². The van der Waals surface area contributed by atoms with Gasteiger partial charge in [-0.05, 0) is 36.4 Å². The third-order valence-corrected chi connectivity index (χ3v) is 3.79. The van der Waals surface area contributed by atoms with E-state index in [9.17, 15) is 19.2 Å². The van der Waals surface area contributed by atoms with Crippen LogP contribution in [-0.2, 0) is 0 Å². The molecule has 0 saturated heterocycles. The maximum absolute atomic E-state index is 12.2. The van der Waals surface area contributed by atoms with Gasteiger partial charge in [0.25, 0.3) is 0 Å². The fraction of sp³-hybridized carbons (Fsp3) is 0. The van der Waals surface area contributed by atoms with E-state index in [2.05, 4.69) is 0 Å². The molecule has 3 aromatic rings. The molecule has 0 aliphatic carbocycles. The molecule has 0 bridgehead atoms. The predicted octanol–water partition coefficient (Wildman–Crippen LogP) is 3.75. The summed E-state index contributed by atoms with van der Waals surface area (Å²) in [4.78, 5) is 45.7. The highest BCUT2D eigenvalue weighted by molar-refractivity contribution is 5.93. The maximum atomic E-state index is 12.2. The molecule has 3 aromatic carbocycles. The van der Waals surface area contributed by atoms with Gasteiger partial charge < -0.3 is 9.47 Å². The number of carbonyl (C=O) groups is 4. The van der Waals surface area contributed by atoms with Crippen LogP contribution in [0.3, 0.4) is 0 Å². The van der Waals surface area contributed by atoms with E-state index < -0.39 is 11.9 Å². The van der Waals surface area contributed by atoms with Gasteiger partial charge in [-0.15, -0.1) is 0 Å². The van der Waals surface area contributed by atoms with Gasteiger partial charge in [-0.1, -0.05) is 30.3 Å². The summed E-state index contributed by atoms with van der Waals surface area (Å²) in [5.74, 6) is -0.812. The molecule has 3 rings (SSSR count). The molecule has 0 atom stereocenters. The van der Waals surface area contributed by atoms with Crippen molar-refractivity contribution >= 4 is 24.5 Å². The predicted molar refractivity (Wildman–Crippen MR) is 100 cm³/mol. The number of ether oxygens (including phenoxy) is 2. The van der Waals surface area contributed by atoms with E-state index in [1.807, 2.05) is 0 Å². The average Bonchev–Trinajstić information content (AvgIpc) is 2.74. The minimum Gasteiger partial charge on any atom is -0.423 e. The van der Waals surface area contributed by atoms with Gasteiger partial charge in [-0.3, -0.25) is 9.59 Å². The van der Waals surface area contributed by atoms with Crippen LogP contribution in [0, 0.1) is 0 Å². The van der Waals surface area contributed by atoms with Crippen LogP contribution in [0.4, 0.5) is 0 Å². The molecular formula is C22H14O6. The van der Waals surface area contributed by atoms with Gasteiger partial charge >= 0.3 is 11.9 Å². The van der Waals surface area contributed by atoms with E-state index in [1.165, 1.54) is 54.6 Å². The molecule has 28 heavy (non-hydrogen) atoms. The molecule has 0 fully saturated rings. The zero-order chi connectivity index (χ0) is 19.9. The first-order valence-electron chi connectivity index (χ1n) is 8.24. The second kappa shape index (κ2) is 8.55. The Morgan fingerprint density at radius 1 is 0.607 bits per heavy atom. The van der Waals surface area contributed by atoms with E-state index in [0.29, 0.717) is 23.7 Å². The molecule has 138 valence electrons. The summed E-state index contributed by atoms with van der Waals surface area (Å²) in [6.07, 6.45) is 1.36. The van der Waals surface area contributed by atoms with Crippen molar-refractivity contribution < 1.29 is 28.7 Å². The standard InChI is InChI=1S/C22H14O6/c23-13-15-4-8-17(9-5-15)21(25)27-19-2-1-3-20(12-19)28-22(26)18-10-6-16(14-24)7-11-18/h1-14H. The molecule has 0 N–H and O–H groups in total. The second-order valence-electron chi connectivity index (χ2n) is 5.73. The summed E-state index contributed by atoms with van der Waals surface area (Å²) < 4.78 is 10.5. The maximum Gasteiger partial charge on any atom is 0.343 e. The Balaban J connectivity index is 1.68. The lowest BCUT2D eigenvalue weighted by atomic mass is 10.1. The van der Waals surface area contributed by atoms with E-state index in [1.54, 1.807) is 18.2 Å². The number of hydrogen-bond donors (Lipinski definition) is 0. The third-order valence-electron chi connectivity index (χ3n) is 3.79. The molecule has 0 heterocycles. The molecule has 6 nitrogen and oxygen atoms in total. The highest BCUT2D eigenvalue weighted by Crippen LogP contribution is 2.21. The van der Waals surface area contributed by atoms with Gasteiger partial charge in [0.15, 0.2) is 0 Å². The Labute approximate surface area is 160 Å². The number of carbonyl (C=O) groups excluding carboxylic acids is 4. The molecule has 0 amide bonds. The number of aldehydes is 2. The summed E-state index contributed by atoms with van der Waals surface area (Å²) in [6.45, 7) is 0. The zero-order valence-corrected chi connectivity index (χ0v) is 14.5. The average molecular weight is 374 g/mol. The zero-order valence-electron chi connectivity index (χ0n) is 14.5. The second-order valence-corrected chi connectivity index (χ2v) is 5.73. The van der Waals surface area contributed by atoms with E-state index >= 15 is 0 Å². The summed E-state index contributed by atoms with van der Waals surface area (Å²) in [6, 6.07) is 18.1. The highest BCUT2D eigenvalue weighted by atomic mass is 16.5. The van der Waals surface area contributed by atoms with Gasteiger partial charge in [-0.25, -0.2) is 9.59 Å². The Kier molecular flexibility index (Phi) is 5.72. The fourth-order valence-corrected chi connectivity index (χ4v) is 2.33. The number of rotatable bonds is 6. The highest BCUT2D eigenvalue weighted by Gasteiger charge is 2.12. The Bertz CT molecular complexity index is 939. The smallest absolute Gasteiger partial charge is 0.343 e. The lowest BCUT2D eigenvalue weighted by Crippen LogP contribution is -2.10. The lowest BCUT2D eigenvalue weighted by molar-refractivity contribution is 0.0732. The third kappa shape index (κ3) is 4.56. The number of hydrogen-bond acceptors (Lipinski definition) is 6. The van der Waals surface area contributed by atoms with Gasteiger partial charge in [0.05, 0.1) is 11.1 Å². The van der Waals surface area contributed by atoms with Crippen LogP contribution in [0.2, 0.25) is 0 Å². The molecule has 0 aliphatic rings. The van der Waals surface area contributed by atoms with Gasteiger partial charge in [0, 0.05) is 17.2 Å². The minimum absolute atomic E-state index is 0.200. The van der Waals surface area contributed by atoms with Crippen molar-refractivity contribution in [3.05, 3.63) is 95.1 Å². The summed E-state index contributed by atoms with van der Waals surface area (Å²) in [5.41, 5.74) is 1.46. The van der Waals surface area contributed by atoms with Crippen LogP contribution in [0.15, 0.2) is 72.8 Å².